The van der Waals surface area contributed by atoms with Crippen LogP contribution >= 0.6 is 11.6 Å². The van der Waals surface area contributed by atoms with Crippen LogP contribution in [0.2, 0.25) is 5.02 Å². The predicted molar refractivity (Wildman–Crippen MR) is 93.2 cm³/mol. The summed E-state index contributed by atoms with van der Waals surface area (Å²) in [6.07, 6.45) is 3.12. The third kappa shape index (κ3) is 5.40. The van der Waals surface area contributed by atoms with Crippen molar-refractivity contribution in [3.8, 4) is 0 Å². The van der Waals surface area contributed by atoms with E-state index in [1.54, 1.807) is 0 Å². The molecule has 0 saturated carbocycles. The number of nitrogens with zero attached hydrogens (tertiary/aromatic N) is 2. The SMILES string of the molecule is CC(C)=CCN1CCN(Cc2ccc(Cl)cc2)CC1CCO. The molecular formula is C18H27ClN2O. The molecule has 0 amide bonds. The first-order valence-electron chi connectivity index (χ1n) is 8.03. The van der Waals surface area contributed by atoms with Gasteiger partial charge in [-0.15, -0.1) is 0 Å². The summed E-state index contributed by atoms with van der Waals surface area (Å²) in [5.74, 6) is 0. The van der Waals surface area contributed by atoms with E-state index in [-0.39, 0.29) is 6.61 Å². The maximum absolute atomic E-state index is 9.34. The first-order chi connectivity index (χ1) is 10.6. The number of hydrogen-bond donors (Lipinski definition) is 1. The van der Waals surface area contributed by atoms with Gasteiger partial charge in [0.05, 0.1) is 0 Å². The van der Waals surface area contributed by atoms with Gasteiger partial charge in [0, 0.05) is 50.4 Å². The zero-order valence-corrected chi connectivity index (χ0v) is 14.4. The Morgan fingerprint density at radius 2 is 2.00 bits per heavy atom. The number of allylic oxidation sites excluding steroid dienone is 1. The summed E-state index contributed by atoms with van der Waals surface area (Å²) in [5.41, 5.74) is 2.65. The van der Waals surface area contributed by atoms with Crippen molar-refractivity contribution in [1.29, 1.82) is 0 Å². The standard InChI is InChI=1S/C18H27ClN2O/c1-15(2)7-9-21-11-10-20(14-18(21)8-12-22)13-16-3-5-17(19)6-4-16/h3-7,18,22H,8-14H2,1-2H3. The summed E-state index contributed by atoms with van der Waals surface area (Å²) in [5, 5.41) is 10.1. The summed E-state index contributed by atoms with van der Waals surface area (Å²) in [6, 6.07) is 8.53. The molecule has 3 nitrogen and oxygen atoms in total. The van der Waals surface area contributed by atoms with E-state index < -0.39 is 0 Å². The molecule has 1 unspecified atom stereocenters. The highest BCUT2D eigenvalue weighted by Crippen LogP contribution is 2.17. The lowest BCUT2D eigenvalue weighted by atomic mass is 10.1. The van der Waals surface area contributed by atoms with Gasteiger partial charge in [0.15, 0.2) is 0 Å². The van der Waals surface area contributed by atoms with Crippen molar-refractivity contribution in [2.75, 3.05) is 32.8 Å². The Balaban J connectivity index is 1.93. The number of rotatable bonds is 6. The van der Waals surface area contributed by atoms with Gasteiger partial charge in [-0.25, -0.2) is 0 Å². The van der Waals surface area contributed by atoms with Crippen molar-refractivity contribution in [2.24, 2.45) is 0 Å². The van der Waals surface area contributed by atoms with Crippen LogP contribution in [0.4, 0.5) is 0 Å². The van der Waals surface area contributed by atoms with E-state index in [4.69, 9.17) is 11.6 Å². The maximum Gasteiger partial charge on any atom is 0.0446 e. The molecule has 1 aromatic rings. The summed E-state index contributed by atoms with van der Waals surface area (Å²) >= 11 is 5.94. The van der Waals surface area contributed by atoms with Gasteiger partial charge in [0.1, 0.15) is 0 Å². The fourth-order valence-electron chi connectivity index (χ4n) is 2.91. The normalized spacial score (nSPS) is 20.1. The number of piperazine rings is 1. The van der Waals surface area contributed by atoms with Gasteiger partial charge in [-0.3, -0.25) is 9.80 Å². The lowest BCUT2D eigenvalue weighted by molar-refractivity contribution is 0.0637. The van der Waals surface area contributed by atoms with Gasteiger partial charge < -0.3 is 5.11 Å². The molecule has 1 aliphatic rings. The Morgan fingerprint density at radius 1 is 1.27 bits per heavy atom. The third-order valence-corrected chi connectivity index (χ3v) is 4.46. The molecule has 0 aromatic heterocycles. The molecule has 0 bridgehead atoms. The molecule has 2 rings (SSSR count). The molecule has 122 valence electrons. The minimum absolute atomic E-state index is 0.255. The van der Waals surface area contributed by atoms with E-state index in [2.05, 4.69) is 41.9 Å². The number of aliphatic hydroxyl groups excluding tert-OH is 1. The van der Waals surface area contributed by atoms with Gasteiger partial charge in [-0.2, -0.15) is 0 Å². The van der Waals surface area contributed by atoms with Crippen LogP contribution in [0.15, 0.2) is 35.9 Å². The van der Waals surface area contributed by atoms with Crippen LogP contribution in [0.3, 0.4) is 0 Å². The second kappa shape index (κ2) is 8.68. The fraction of sp³-hybridized carbons (Fsp3) is 0.556. The molecule has 4 heteroatoms. The lowest BCUT2D eigenvalue weighted by Gasteiger charge is -2.41. The fourth-order valence-corrected chi connectivity index (χ4v) is 3.04. The third-order valence-electron chi connectivity index (χ3n) is 4.20. The van der Waals surface area contributed by atoms with Crippen LogP contribution < -0.4 is 0 Å². The van der Waals surface area contributed by atoms with Gasteiger partial charge in [0.25, 0.3) is 0 Å². The van der Waals surface area contributed by atoms with Crippen molar-refractivity contribution >= 4 is 11.6 Å². The Kier molecular flexibility index (Phi) is 6.90. The first kappa shape index (κ1) is 17.5. The van der Waals surface area contributed by atoms with E-state index in [1.807, 2.05) is 12.1 Å². The molecule has 0 radical (unpaired) electrons. The summed E-state index contributed by atoms with van der Waals surface area (Å²) < 4.78 is 0. The van der Waals surface area contributed by atoms with Crippen molar-refractivity contribution < 1.29 is 5.11 Å². The number of hydrogen-bond acceptors (Lipinski definition) is 3. The summed E-state index contributed by atoms with van der Waals surface area (Å²) in [6.45, 7) is 9.61. The number of aliphatic hydroxyl groups is 1. The van der Waals surface area contributed by atoms with E-state index in [0.717, 1.165) is 44.2 Å². The van der Waals surface area contributed by atoms with E-state index in [0.29, 0.717) is 6.04 Å². The first-order valence-corrected chi connectivity index (χ1v) is 8.41. The monoisotopic (exact) mass is 322 g/mol. The van der Waals surface area contributed by atoms with Gasteiger partial charge in [-0.05, 0) is 38.0 Å². The molecule has 1 N–H and O–H groups in total. The van der Waals surface area contributed by atoms with Crippen LogP contribution in [0, 0.1) is 0 Å². The average Bonchev–Trinajstić information content (AvgIpc) is 2.49. The molecule has 1 atom stereocenters. The number of benzene rings is 1. The summed E-state index contributed by atoms with van der Waals surface area (Å²) in [7, 11) is 0. The average molecular weight is 323 g/mol. The summed E-state index contributed by atoms with van der Waals surface area (Å²) in [4.78, 5) is 4.96. The highest BCUT2D eigenvalue weighted by atomic mass is 35.5. The van der Waals surface area contributed by atoms with E-state index in [1.165, 1.54) is 11.1 Å². The molecule has 0 aliphatic carbocycles. The van der Waals surface area contributed by atoms with Crippen molar-refractivity contribution in [1.82, 2.24) is 9.80 Å². The van der Waals surface area contributed by atoms with Crippen molar-refractivity contribution in [3.63, 3.8) is 0 Å². The van der Waals surface area contributed by atoms with Gasteiger partial charge >= 0.3 is 0 Å². The van der Waals surface area contributed by atoms with Crippen molar-refractivity contribution in [2.45, 2.75) is 32.9 Å². The smallest absolute Gasteiger partial charge is 0.0446 e. The molecule has 1 fully saturated rings. The Hall–Kier alpha value is -0.870. The van der Waals surface area contributed by atoms with Crippen LogP contribution in [-0.4, -0.2) is 53.7 Å². The van der Waals surface area contributed by atoms with Crippen LogP contribution in [0.25, 0.3) is 0 Å². The molecule has 0 spiro atoms. The topological polar surface area (TPSA) is 26.7 Å². The lowest BCUT2D eigenvalue weighted by Crippen LogP contribution is -2.53. The molecule has 1 aliphatic heterocycles. The predicted octanol–water partition coefficient (Wildman–Crippen LogP) is 3.17. The highest BCUT2D eigenvalue weighted by Gasteiger charge is 2.25. The second-order valence-electron chi connectivity index (χ2n) is 6.30. The number of halogens is 1. The quantitative estimate of drug-likeness (QED) is 0.815. The van der Waals surface area contributed by atoms with E-state index >= 15 is 0 Å². The Morgan fingerprint density at radius 3 is 2.64 bits per heavy atom. The van der Waals surface area contributed by atoms with Gasteiger partial charge in [-0.1, -0.05) is 35.4 Å². The minimum atomic E-state index is 0.255. The Labute approximate surface area is 139 Å². The van der Waals surface area contributed by atoms with Crippen LogP contribution in [0.5, 0.6) is 0 Å². The largest absolute Gasteiger partial charge is 0.396 e. The van der Waals surface area contributed by atoms with Gasteiger partial charge in [0.2, 0.25) is 0 Å². The molecule has 1 aromatic carbocycles. The molecular weight excluding hydrogens is 296 g/mol. The van der Waals surface area contributed by atoms with Crippen molar-refractivity contribution in [3.05, 3.63) is 46.5 Å². The minimum Gasteiger partial charge on any atom is -0.396 e. The zero-order chi connectivity index (χ0) is 15.9. The molecule has 1 heterocycles. The van der Waals surface area contributed by atoms with Crippen LogP contribution in [0.1, 0.15) is 25.8 Å². The van der Waals surface area contributed by atoms with E-state index in [9.17, 15) is 5.11 Å². The maximum atomic E-state index is 9.34. The molecule has 22 heavy (non-hydrogen) atoms. The molecule has 1 saturated heterocycles. The zero-order valence-electron chi connectivity index (χ0n) is 13.6. The Bertz CT molecular complexity index is 482. The van der Waals surface area contributed by atoms with Crippen LogP contribution in [-0.2, 0) is 6.54 Å². The highest BCUT2D eigenvalue weighted by molar-refractivity contribution is 6.30. The second-order valence-corrected chi connectivity index (χ2v) is 6.74.